The Balaban J connectivity index is 0.00000139. The van der Waals surface area contributed by atoms with Crippen LogP contribution in [0.5, 0.6) is 0 Å². The number of nitriles is 1. The van der Waals surface area contributed by atoms with Crippen LogP contribution in [0.3, 0.4) is 0 Å². The van der Waals surface area contributed by atoms with Crippen molar-refractivity contribution in [3.05, 3.63) is 54.6 Å². The molecule has 4 N–H and O–H groups in total. The number of nitrogens with two attached hydrogens (primary N) is 1. The Kier molecular flexibility index (Phi) is 7.96. The van der Waals surface area contributed by atoms with E-state index in [0.717, 1.165) is 11.4 Å². The van der Waals surface area contributed by atoms with Gasteiger partial charge in [0, 0.05) is 17.1 Å². The maximum atomic E-state index is 11.1. The van der Waals surface area contributed by atoms with Crippen molar-refractivity contribution in [1.29, 1.82) is 5.26 Å². The van der Waals surface area contributed by atoms with E-state index >= 15 is 0 Å². The minimum absolute atomic E-state index is 0.0961. The second-order valence-electron chi connectivity index (χ2n) is 4.52. The van der Waals surface area contributed by atoms with Gasteiger partial charge < -0.3 is 16.4 Å². The zero-order chi connectivity index (χ0) is 17.9. The number of benzene rings is 2. The average Bonchev–Trinajstić information content (AvgIpc) is 2.59. The van der Waals surface area contributed by atoms with Crippen molar-refractivity contribution in [2.45, 2.75) is 13.8 Å². The third-order valence-corrected chi connectivity index (χ3v) is 3.23. The second-order valence-corrected chi connectivity index (χ2v) is 4.96. The molecule has 24 heavy (non-hydrogen) atoms. The molecule has 0 aliphatic carbocycles. The topological polar surface area (TPSA) is 90.9 Å². The van der Waals surface area contributed by atoms with E-state index in [1.165, 1.54) is 0 Å². The number of para-hydroxylation sites is 1. The Labute approximate surface area is 147 Å². The first-order valence-electron chi connectivity index (χ1n) is 7.52. The molecule has 0 aromatic heterocycles. The van der Waals surface area contributed by atoms with Crippen LogP contribution in [0.25, 0.3) is 0 Å². The predicted molar refractivity (Wildman–Crippen MR) is 102 cm³/mol. The number of nitrogens with one attached hydrogen (secondary N) is 2. The molecule has 0 saturated carbocycles. The molecule has 2 aromatic rings. The molecule has 0 aliphatic rings. The molecule has 6 heteroatoms. The smallest absolute Gasteiger partial charge is 0.241 e. The van der Waals surface area contributed by atoms with Crippen LogP contribution in [-0.4, -0.2) is 10.9 Å². The van der Waals surface area contributed by atoms with Gasteiger partial charge in [0.05, 0.1) is 6.07 Å². The Morgan fingerprint density at radius 3 is 2.04 bits per heavy atom. The highest BCUT2D eigenvalue weighted by Gasteiger charge is 2.19. The number of carbonyl (C=O) groups excluding carboxylic acids is 1. The average molecular weight is 340 g/mol. The van der Waals surface area contributed by atoms with Crippen molar-refractivity contribution in [2.24, 2.45) is 11.7 Å². The number of thiocarbonyl (C=S) groups is 1. The summed E-state index contributed by atoms with van der Waals surface area (Å²) in [5.41, 5.74) is 7.69. The van der Waals surface area contributed by atoms with Crippen LogP contribution < -0.4 is 16.4 Å². The summed E-state index contributed by atoms with van der Waals surface area (Å²) in [4.78, 5) is 11.2. The summed E-state index contributed by atoms with van der Waals surface area (Å²) in [7, 11) is 0. The molecule has 0 radical (unpaired) electrons. The summed E-state index contributed by atoms with van der Waals surface area (Å²) in [5, 5.41) is 15.0. The molecule has 5 nitrogen and oxygen atoms in total. The van der Waals surface area contributed by atoms with E-state index < -0.39 is 11.8 Å². The lowest BCUT2D eigenvalue weighted by Gasteiger charge is -2.11. The lowest BCUT2D eigenvalue weighted by Crippen LogP contribution is -2.32. The van der Waals surface area contributed by atoms with Gasteiger partial charge in [-0.05, 0) is 36.4 Å². The van der Waals surface area contributed by atoms with Crippen LogP contribution in [0.2, 0.25) is 0 Å². The predicted octanol–water partition coefficient (Wildman–Crippen LogP) is 3.82. The summed E-state index contributed by atoms with van der Waals surface area (Å²) < 4.78 is 0. The van der Waals surface area contributed by atoms with E-state index in [2.05, 4.69) is 10.6 Å². The van der Waals surface area contributed by atoms with E-state index in [4.69, 9.17) is 23.2 Å². The molecule has 1 amide bonds. The summed E-state index contributed by atoms with van der Waals surface area (Å²) in [6, 6.07) is 18.9. The van der Waals surface area contributed by atoms with Crippen LogP contribution in [0, 0.1) is 17.2 Å². The monoisotopic (exact) mass is 340 g/mol. The number of rotatable bonds is 5. The Bertz CT molecular complexity index is 708. The van der Waals surface area contributed by atoms with E-state index in [1.807, 2.05) is 56.3 Å². The number of primary amides is 1. The van der Waals surface area contributed by atoms with Crippen molar-refractivity contribution in [2.75, 3.05) is 10.6 Å². The number of amides is 1. The molecule has 0 heterocycles. The zero-order valence-corrected chi connectivity index (χ0v) is 14.4. The molecule has 0 fully saturated rings. The molecule has 2 aromatic carbocycles. The summed E-state index contributed by atoms with van der Waals surface area (Å²) in [6.45, 7) is 4.00. The van der Waals surface area contributed by atoms with Crippen LogP contribution in [0.15, 0.2) is 54.6 Å². The minimum Gasteiger partial charge on any atom is -0.368 e. The van der Waals surface area contributed by atoms with Gasteiger partial charge in [0.2, 0.25) is 5.91 Å². The van der Waals surface area contributed by atoms with Gasteiger partial charge in [0.15, 0.2) is 5.92 Å². The zero-order valence-electron chi connectivity index (χ0n) is 13.6. The molecule has 0 saturated heterocycles. The maximum Gasteiger partial charge on any atom is 0.241 e. The van der Waals surface area contributed by atoms with Gasteiger partial charge in [0.25, 0.3) is 0 Å². The number of anilines is 3. The fourth-order valence-corrected chi connectivity index (χ4v) is 2.08. The van der Waals surface area contributed by atoms with Gasteiger partial charge >= 0.3 is 0 Å². The normalized spacial score (nSPS) is 10.4. The maximum absolute atomic E-state index is 11.1. The molecule has 1 unspecified atom stereocenters. The highest BCUT2D eigenvalue weighted by molar-refractivity contribution is 7.80. The summed E-state index contributed by atoms with van der Waals surface area (Å²) in [5.74, 6) is -1.89. The Morgan fingerprint density at radius 2 is 1.54 bits per heavy atom. The van der Waals surface area contributed by atoms with Crippen molar-refractivity contribution >= 4 is 40.2 Å². The number of nitrogens with zero attached hydrogens (tertiary/aromatic N) is 1. The van der Waals surface area contributed by atoms with Gasteiger partial charge in [-0.25, -0.2) is 0 Å². The van der Waals surface area contributed by atoms with Crippen molar-refractivity contribution in [3.8, 4) is 6.07 Å². The van der Waals surface area contributed by atoms with Crippen molar-refractivity contribution in [1.82, 2.24) is 0 Å². The van der Waals surface area contributed by atoms with Crippen LogP contribution in [0.4, 0.5) is 17.1 Å². The minimum atomic E-state index is -1.13. The highest BCUT2D eigenvalue weighted by atomic mass is 32.1. The van der Waals surface area contributed by atoms with Crippen molar-refractivity contribution < 1.29 is 4.79 Å². The summed E-state index contributed by atoms with van der Waals surface area (Å²) in [6.07, 6.45) is 0. The molecule has 124 valence electrons. The van der Waals surface area contributed by atoms with Crippen LogP contribution >= 0.6 is 12.2 Å². The Morgan fingerprint density at radius 1 is 1.04 bits per heavy atom. The van der Waals surface area contributed by atoms with Gasteiger partial charge in [0.1, 0.15) is 4.99 Å². The van der Waals surface area contributed by atoms with Gasteiger partial charge in [-0.2, -0.15) is 5.26 Å². The van der Waals surface area contributed by atoms with Crippen molar-refractivity contribution in [3.63, 3.8) is 0 Å². The molecule has 0 spiro atoms. The number of hydrogen-bond donors (Lipinski definition) is 3. The van der Waals surface area contributed by atoms with Gasteiger partial charge in [-0.1, -0.05) is 44.3 Å². The molecule has 0 bridgehead atoms. The highest BCUT2D eigenvalue weighted by Crippen LogP contribution is 2.19. The lowest BCUT2D eigenvalue weighted by atomic mass is 10.1. The SMILES string of the molecule is CC.N#CC(C(N)=O)C(=S)Nc1ccc(Nc2ccccc2)cc1. The van der Waals surface area contributed by atoms with Crippen LogP contribution in [0.1, 0.15) is 13.8 Å². The van der Waals surface area contributed by atoms with Gasteiger partial charge in [-0.3, -0.25) is 4.79 Å². The quantitative estimate of drug-likeness (QED) is 0.720. The van der Waals surface area contributed by atoms with E-state index in [-0.39, 0.29) is 4.99 Å². The number of carbonyl (C=O) groups is 1. The fraction of sp³-hybridized carbons (Fsp3) is 0.167. The van der Waals surface area contributed by atoms with Crippen LogP contribution in [-0.2, 0) is 4.79 Å². The van der Waals surface area contributed by atoms with Gasteiger partial charge in [-0.15, -0.1) is 0 Å². The van der Waals surface area contributed by atoms with E-state index in [0.29, 0.717) is 5.69 Å². The molecular weight excluding hydrogens is 320 g/mol. The third kappa shape index (κ3) is 5.71. The third-order valence-electron chi connectivity index (χ3n) is 2.89. The lowest BCUT2D eigenvalue weighted by molar-refractivity contribution is -0.118. The Hall–Kier alpha value is -2.91. The largest absolute Gasteiger partial charge is 0.368 e. The fourth-order valence-electron chi connectivity index (χ4n) is 1.79. The van der Waals surface area contributed by atoms with E-state index in [9.17, 15) is 4.79 Å². The standard InChI is InChI=1S/C16H14N4OS.C2H6/c17-10-14(15(18)21)16(22)20-13-8-6-12(7-9-13)19-11-4-2-1-3-5-11;1-2/h1-9,14,19H,(H2,18,21)(H,20,22);1-2H3. The molecular formula is C18H20N4OS. The number of hydrogen-bond acceptors (Lipinski definition) is 4. The first-order valence-corrected chi connectivity index (χ1v) is 7.93. The molecule has 1 atom stereocenters. The first-order chi connectivity index (χ1) is 11.6. The summed E-state index contributed by atoms with van der Waals surface area (Å²) >= 11 is 5.02. The molecule has 0 aliphatic heterocycles. The molecule has 2 rings (SSSR count). The second kappa shape index (κ2) is 9.98. The first kappa shape index (κ1) is 19.1. The van der Waals surface area contributed by atoms with E-state index in [1.54, 1.807) is 18.2 Å².